The number of halogens is 1. The second-order valence-corrected chi connectivity index (χ2v) is 6.04. The van der Waals surface area contributed by atoms with Crippen LogP contribution in [-0.2, 0) is 0 Å². The number of piperidine rings is 1. The maximum Gasteiger partial charge on any atom is 0.119 e. The van der Waals surface area contributed by atoms with E-state index >= 15 is 0 Å². The molecular formula is C17H18BrNO. The highest BCUT2D eigenvalue weighted by atomic mass is 79.9. The molecule has 0 aliphatic carbocycles. The fourth-order valence-electron chi connectivity index (χ4n) is 2.70. The average Bonchev–Trinajstić information content (AvgIpc) is 2.51. The highest BCUT2D eigenvalue weighted by molar-refractivity contribution is 9.10. The molecule has 0 bridgehead atoms. The fourth-order valence-corrected chi connectivity index (χ4v) is 2.96. The highest BCUT2D eigenvalue weighted by Crippen LogP contribution is 2.28. The Morgan fingerprint density at radius 3 is 2.50 bits per heavy atom. The van der Waals surface area contributed by atoms with Crippen molar-refractivity contribution in [2.45, 2.75) is 18.4 Å². The Hall–Kier alpha value is -1.32. The van der Waals surface area contributed by atoms with E-state index in [4.69, 9.17) is 4.74 Å². The molecule has 3 heteroatoms. The van der Waals surface area contributed by atoms with Gasteiger partial charge in [-0.05, 0) is 42.8 Å². The van der Waals surface area contributed by atoms with Crippen LogP contribution in [0.25, 0.3) is 0 Å². The minimum absolute atomic E-state index is 0.236. The number of hydrogen-bond acceptors (Lipinski definition) is 2. The van der Waals surface area contributed by atoms with Crippen LogP contribution in [-0.4, -0.2) is 19.2 Å². The third-order valence-electron chi connectivity index (χ3n) is 3.75. The van der Waals surface area contributed by atoms with Crippen LogP contribution in [0.3, 0.4) is 0 Å². The molecule has 0 saturated carbocycles. The van der Waals surface area contributed by atoms with E-state index in [0.717, 1.165) is 29.7 Å². The van der Waals surface area contributed by atoms with Crippen LogP contribution in [0.2, 0.25) is 0 Å². The Balaban J connectivity index is 1.77. The number of rotatable bonds is 3. The zero-order valence-electron chi connectivity index (χ0n) is 11.3. The first-order chi connectivity index (χ1) is 9.83. The number of nitrogens with one attached hydrogen (secondary N) is 1. The largest absolute Gasteiger partial charge is 0.490 e. The van der Waals surface area contributed by atoms with Gasteiger partial charge in [-0.3, -0.25) is 0 Å². The molecule has 2 nitrogen and oxygen atoms in total. The molecule has 1 aliphatic heterocycles. The van der Waals surface area contributed by atoms with Gasteiger partial charge in [-0.25, -0.2) is 0 Å². The molecule has 0 unspecified atom stereocenters. The standard InChI is InChI=1S/C17H18BrNO/c18-14-6-8-15(9-7-14)20-17-10-11-19-12-16(17)13-4-2-1-3-5-13/h1-9,16-17,19H,10-12H2/t16-,17+/m0/s1. The first-order valence-electron chi connectivity index (χ1n) is 7.01. The van der Waals surface area contributed by atoms with Crippen LogP contribution in [0.1, 0.15) is 17.9 Å². The lowest BCUT2D eigenvalue weighted by molar-refractivity contribution is 0.138. The van der Waals surface area contributed by atoms with Crippen molar-refractivity contribution in [3.8, 4) is 5.75 Å². The highest BCUT2D eigenvalue weighted by Gasteiger charge is 2.27. The quantitative estimate of drug-likeness (QED) is 0.918. The van der Waals surface area contributed by atoms with E-state index in [1.807, 2.05) is 24.3 Å². The van der Waals surface area contributed by atoms with Crippen molar-refractivity contribution in [2.24, 2.45) is 0 Å². The normalized spacial score (nSPS) is 22.4. The van der Waals surface area contributed by atoms with Gasteiger partial charge in [-0.2, -0.15) is 0 Å². The molecule has 104 valence electrons. The molecule has 1 fully saturated rings. The van der Waals surface area contributed by atoms with Crippen molar-refractivity contribution in [1.29, 1.82) is 0 Å². The average molecular weight is 332 g/mol. The summed E-state index contributed by atoms with van der Waals surface area (Å²) in [6.45, 7) is 2.00. The van der Waals surface area contributed by atoms with Crippen LogP contribution < -0.4 is 10.1 Å². The molecule has 0 spiro atoms. The van der Waals surface area contributed by atoms with E-state index in [2.05, 4.69) is 51.6 Å². The molecule has 1 heterocycles. The van der Waals surface area contributed by atoms with Crippen LogP contribution in [0, 0.1) is 0 Å². The smallest absolute Gasteiger partial charge is 0.119 e. The van der Waals surface area contributed by atoms with Crippen molar-refractivity contribution in [3.63, 3.8) is 0 Å². The molecule has 0 amide bonds. The number of ether oxygens (including phenoxy) is 1. The summed E-state index contributed by atoms with van der Waals surface area (Å²) in [6.07, 6.45) is 1.27. The molecule has 0 radical (unpaired) electrons. The third-order valence-corrected chi connectivity index (χ3v) is 4.28. The van der Waals surface area contributed by atoms with E-state index in [0.29, 0.717) is 5.92 Å². The summed E-state index contributed by atoms with van der Waals surface area (Å²) < 4.78 is 7.29. The minimum Gasteiger partial charge on any atom is -0.490 e. The summed E-state index contributed by atoms with van der Waals surface area (Å²) in [5.41, 5.74) is 1.35. The molecule has 2 aromatic carbocycles. The summed E-state index contributed by atoms with van der Waals surface area (Å²) in [6, 6.07) is 18.7. The first-order valence-corrected chi connectivity index (χ1v) is 7.80. The predicted molar refractivity (Wildman–Crippen MR) is 85.2 cm³/mol. The molecule has 1 aliphatic rings. The Bertz CT molecular complexity index is 541. The SMILES string of the molecule is Brc1ccc(O[C@@H]2CCNC[C@H]2c2ccccc2)cc1. The zero-order chi connectivity index (χ0) is 13.8. The van der Waals surface area contributed by atoms with Gasteiger partial charge < -0.3 is 10.1 Å². The van der Waals surface area contributed by atoms with E-state index < -0.39 is 0 Å². The van der Waals surface area contributed by atoms with E-state index in [1.165, 1.54) is 5.56 Å². The van der Waals surface area contributed by atoms with Gasteiger partial charge in [-0.15, -0.1) is 0 Å². The molecular weight excluding hydrogens is 314 g/mol. The van der Waals surface area contributed by atoms with E-state index in [1.54, 1.807) is 0 Å². The van der Waals surface area contributed by atoms with Gasteiger partial charge in [0, 0.05) is 16.9 Å². The van der Waals surface area contributed by atoms with Gasteiger partial charge in [0.15, 0.2) is 0 Å². The summed E-state index contributed by atoms with van der Waals surface area (Å²) in [7, 11) is 0. The minimum atomic E-state index is 0.236. The van der Waals surface area contributed by atoms with Gasteiger partial charge in [0.2, 0.25) is 0 Å². The molecule has 3 rings (SSSR count). The van der Waals surface area contributed by atoms with Gasteiger partial charge in [0.1, 0.15) is 11.9 Å². The number of benzene rings is 2. The third kappa shape index (κ3) is 3.22. The Labute approximate surface area is 128 Å². The summed E-state index contributed by atoms with van der Waals surface area (Å²) >= 11 is 3.45. The van der Waals surface area contributed by atoms with Gasteiger partial charge in [-0.1, -0.05) is 46.3 Å². The van der Waals surface area contributed by atoms with Crippen molar-refractivity contribution in [1.82, 2.24) is 5.32 Å². The monoisotopic (exact) mass is 331 g/mol. The lowest BCUT2D eigenvalue weighted by Gasteiger charge is -2.33. The van der Waals surface area contributed by atoms with Gasteiger partial charge in [0.25, 0.3) is 0 Å². The molecule has 2 aromatic rings. The van der Waals surface area contributed by atoms with Gasteiger partial charge in [0.05, 0.1) is 0 Å². The zero-order valence-corrected chi connectivity index (χ0v) is 12.8. The second kappa shape index (κ2) is 6.42. The van der Waals surface area contributed by atoms with Crippen LogP contribution in [0.4, 0.5) is 0 Å². The first kappa shape index (κ1) is 13.7. The van der Waals surface area contributed by atoms with Crippen molar-refractivity contribution >= 4 is 15.9 Å². The maximum absolute atomic E-state index is 6.22. The molecule has 20 heavy (non-hydrogen) atoms. The Morgan fingerprint density at radius 1 is 1.00 bits per heavy atom. The lowest BCUT2D eigenvalue weighted by Crippen LogP contribution is -2.41. The van der Waals surface area contributed by atoms with Crippen LogP contribution in [0.5, 0.6) is 5.75 Å². The van der Waals surface area contributed by atoms with Crippen LogP contribution >= 0.6 is 15.9 Å². The molecule has 2 atom stereocenters. The summed E-state index contributed by atoms with van der Waals surface area (Å²) in [5.74, 6) is 1.36. The van der Waals surface area contributed by atoms with Crippen molar-refractivity contribution in [3.05, 3.63) is 64.6 Å². The van der Waals surface area contributed by atoms with Gasteiger partial charge >= 0.3 is 0 Å². The topological polar surface area (TPSA) is 21.3 Å². The fraction of sp³-hybridized carbons (Fsp3) is 0.294. The lowest BCUT2D eigenvalue weighted by atomic mass is 9.89. The van der Waals surface area contributed by atoms with E-state index in [9.17, 15) is 0 Å². The maximum atomic E-state index is 6.22. The Morgan fingerprint density at radius 2 is 1.75 bits per heavy atom. The predicted octanol–water partition coefficient (Wildman–Crippen LogP) is 3.97. The molecule has 1 N–H and O–H groups in total. The Kier molecular flexibility index (Phi) is 4.38. The van der Waals surface area contributed by atoms with Crippen molar-refractivity contribution < 1.29 is 4.74 Å². The number of hydrogen-bond donors (Lipinski definition) is 1. The van der Waals surface area contributed by atoms with E-state index in [-0.39, 0.29) is 6.10 Å². The molecule has 1 saturated heterocycles. The molecule has 0 aromatic heterocycles. The summed E-state index contributed by atoms with van der Waals surface area (Å²) in [5, 5.41) is 3.47. The van der Waals surface area contributed by atoms with Crippen LogP contribution in [0.15, 0.2) is 59.1 Å². The second-order valence-electron chi connectivity index (χ2n) is 5.12. The summed E-state index contributed by atoms with van der Waals surface area (Å²) in [4.78, 5) is 0. The van der Waals surface area contributed by atoms with Crippen molar-refractivity contribution in [2.75, 3.05) is 13.1 Å².